The summed E-state index contributed by atoms with van der Waals surface area (Å²) >= 11 is 1.47. The van der Waals surface area contributed by atoms with Gasteiger partial charge < -0.3 is 4.90 Å². The summed E-state index contributed by atoms with van der Waals surface area (Å²) in [4.78, 5) is 19.2. The number of amides is 1. The molecule has 176 valence electrons. The normalized spacial score (nSPS) is 11.9. The van der Waals surface area contributed by atoms with Crippen molar-refractivity contribution < 1.29 is 13.2 Å². The lowest BCUT2D eigenvalue weighted by Crippen LogP contribution is -2.42. The van der Waals surface area contributed by atoms with Crippen LogP contribution in [-0.4, -0.2) is 37.3 Å². The number of anilines is 1. The van der Waals surface area contributed by atoms with Crippen molar-refractivity contribution in [3.8, 4) is 0 Å². The van der Waals surface area contributed by atoms with Crippen molar-refractivity contribution in [2.45, 2.75) is 51.5 Å². The number of hydrogen-bond donors (Lipinski definition) is 0. The van der Waals surface area contributed by atoms with Crippen LogP contribution in [0.4, 0.5) is 5.69 Å². The summed E-state index contributed by atoms with van der Waals surface area (Å²) in [7, 11) is -3.96. The molecule has 0 aliphatic rings. The second kappa shape index (κ2) is 10.1. The Balaban J connectivity index is 1.95. The van der Waals surface area contributed by atoms with Gasteiger partial charge in [0, 0.05) is 18.1 Å². The zero-order valence-corrected chi connectivity index (χ0v) is 21.4. The highest BCUT2D eigenvalue weighted by Crippen LogP contribution is 2.27. The van der Waals surface area contributed by atoms with Gasteiger partial charge in [-0.15, -0.1) is 11.3 Å². The average Bonchev–Trinajstić information content (AvgIpc) is 3.29. The van der Waals surface area contributed by atoms with E-state index in [1.54, 1.807) is 35.4 Å². The summed E-state index contributed by atoms with van der Waals surface area (Å²) in [5.74, 6) is -0.275. The minimum absolute atomic E-state index is 0.0909. The van der Waals surface area contributed by atoms with Gasteiger partial charge in [-0.05, 0) is 49.1 Å². The van der Waals surface area contributed by atoms with Crippen molar-refractivity contribution in [2.75, 3.05) is 17.4 Å². The molecule has 33 heavy (non-hydrogen) atoms. The molecule has 1 aromatic heterocycles. The Hall–Kier alpha value is -2.71. The summed E-state index contributed by atoms with van der Waals surface area (Å²) in [5.41, 5.74) is 2.42. The topological polar surface area (TPSA) is 70.6 Å². The predicted octanol–water partition coefficient (Wildman–Crippen LogP) is 4.99. The van der Waals surface area contributed by atoms with E-state index in [9.17, 15) is 13.2 Å². The SMILES string of the molecule is CCN(Cc1nccs1)C(=O)CN(c1ccc(C)cc1)S(=O)(=O)c1ccc(C(C)(C)C)cc1. The van der Waals surface area contributed by atoms with Crippen molar-refractivity contribution in [3.05, 3.63) is 76.2 Å². The minimum atomic E-state index is -3.96. The summed E-state index contributed by atoms with van der Waals surface area (Å²) in [6, 6.07) is 14.1. The van der Waals surface area contributed by atoms with E-state index in [1.165, 1.54) is 15.6 Å². The first kappa shape index (κ1) is 24.9. The number of aromatic nitrogens is 1. The molecule has 0 radical (unpaired) electrons. The van der Waals surface area contributed by atoms with Crippen LogP contribution in [0, 0.1) is 6.92 Å². The maximum absolute atomic E-state index is 13.7. The van der Waals surface area contributed by atoms with Crippen LogP contribution in [0.25, 0.3) is 0 Å². The van der Waals surface area contributed by atoms with Crippen LogP contribution in [0.5, 0.6) is 0 Å². The van der Waals surface area contributed by atoms with Crippen molar-refractivity contribution in [3.63, 3.8) is 0 Å². The summed E-state index contributed by atoms with van der Waals surface area (Å²) in [5, 5.41) is 2.67. The number of carbonyl (C=O) groups excluding carboxylic acids is 1. The number of likely N-dealkylation sites (N-methyl/N-ethyl adjacent to an activating group) is 1. The lowest BCUT2D eigenvalue weighted by molar-refractivity contribution is -0.129. The molecule has 8 heteroatoms. The zero-order chi connectivity index (χ0) is 24.2. The number of aryl methyl sites for hydroxylation is 1. The predicted molar refractivity (Wildman–Crippen MR) is 134 cm³/mol. The van der Waals surface area contributed by atoms with Crippen LogP contribution >= 0.6 is 11.3 Å². The Morgan fingerprint density at radius 2 is 1.67 bits per heavy atom. The monoisotopic (exact) mass is 485 g/mol. The van der Waals surface area contributed by atoms with Crippen LogP contribution in [0.3, 0.4) is 0 Å². The Labute approximate surface area is 200 Å². The molecule has 0 saturated carbocycles. The highest BCUT2D eigenvalue weighted by atomic mass is 32.2. The van der Waals surface area contributed by atoms with Crippen LogP contribution in [0.2, 0.25) is 0 Å². The molecule has 1 heterocycles. The largest absolute Gasteiger partial charge is 0.335 e. The zero-order valence-electron chi connectivity index (χ0n) is 19.8. The third-order valence-electron chi connectivity index (χ3n) is 5.45. The molecule has 0 saturated heterocycles. The van der Waals surface area contributed by atoms with E-state index < -0.39 is 10.0 Å². The first-order chi connectivity index (χ1) is 15.5. The van der Waals surface area contributed by atoms with Gasteiger partial charge in [0.05, 0.1) is 17.1 Å². The Kier molecular flexibility index (Phi) is 7.59. The molecule has 0 unspecified atom stereocenters. The second-order valence-corrected chi connectivity index (χ2v) is 11.8. The number of thiazole rings is 1. The maximum Gasteiger partial charge on any atom is 0.264 e. The van der Waals surface area contributed by atoms with Gasteiger partial charge in [-0.2, -0.15) is 0 Å². The Bertz CT molecular complexity index is 1170. The molecule has 6 nitrogen and oxygen atoms in total. The summed E-state index contributed by atoms with van der Waals surface area (Å²) < 4.78 is 28.6. The van der Waals surface area contributed by atoms with Gasteiger partial charge in [0.25, 0.3) is 10.0 Å². The van der Waals surface area contributed by atoms with Gasteiger partial charge in [0.2, 0.25) is 5.91 Å². The van der Waals surface area contributed by atoms with Crippen LogP contribution in [-0.2, 0) is 26.8 Å². The van der Waals surface area contributed by atoms with Crippen molar-refractivity contribution >= 4 is 33.0 Å². The summed E-state index contributed by atoms with van der Waals surface area (Å²) in [6.45, 7) is 10.6. The number of sulfonamides is 1. The molecule has 3 rings (SSSR count). The van der Waals surface area contributed by atoms with E-state index in [0.29, 0.717) is 18.8 Å². The number of nitrogens with zero attached hydrogens (tertiary/aromatic N) is 3. The molecule has 0 fully saturated rings. The smallest absolute Gasteiger partial charge is 0.264 e. The Morgan fingerprint density at radius 1 is 1.03 bits per heavy atom. The molecule has 0 atom stereocenters. The maximum atomic E-state index is 13.7. The molecule has 2 aromatic carbocycles. The van der Waals surface area contributed by atoms with E-state index in [0.717, 1.165) is 16.1 Å². The van der Waals surface area contributed by atoms with Gasteiger partial charge in [0.15, 0.2) is 0 Å². The molecule has 0 bridgehead atoms. The van der Waals surface area contributed by atoms with Crippen LogP contribution < -0.4 is 4.31 Å². The first-order valence-electron chi connectivity index (χ1n) is 10.9. The highest BCUT2D eigenvalue weighted by molar-refractivity contribution is 7.92. The third-order valence-corrected chi connectivity index (χ3v) is 8.01. The van der Waals surface area contributed by atoms with Crippen molar-refractivity contribution in [2.24, 2.45) is 0 Å². The van der Waals surface area contributed by atoms with Crippen LogP contribution in [0.15, 0.2) is 65.0 Å². The molecular formula is C25H31N3O3S2. The second-order valence-electron chi connectivity index (χ2n) is 8.96. The standard InChI is InChI=1S/C25H31N3O3S2/c1-6-27(17-23-26-15-16-32-23)24(29)18-28(21-11-7-19(2)8-12-21)33(30,31)22-13-9-20(10-14-22)25(3,4)5/h7-16H,6,17-18H2,1-5H3. The van der Waals surface area contributed by atoms with Gasteiger partial charge in [-0.25, -0.2) is 13.4 Å². The number of hydrogen-bond acceptors (Lipinski definition) is 5. The van der Waals surface area contributed by atoms with Crippen molar-refractivity contribution in [1.29, 1.82) is 0 Å². The molecule has 1 amide bonds. The quantitative estimate of drug-likeness (QED) is 0.451. The van der Waals surface area contributed by atoms with E-state index in [1.807, 2.05) is 43.5 Å². The molecule has 0 aliphatic carbocycles. The molecule has 0 spiro atoms. The van der Waals surface area contributed by atoms with Gasteiger partial charge in [-0.3, -0.25) is 9.10 Å². The number of benzene rings is 2. The fraction of sp³-hybridized carbons (Fsp3) is 0.360. The lowest BCUT2D eigenvalue weighted by Gasteiger charge is -2.28. The van der Waals surface area contributed by atoms with Gasteiger partial charge >= 0.3 is 0 Å². The van der Waals surface area contributed by atoms with E-state index >= 15 is 0 Å². The molecule has 3 aromatic rings. The van der Waals surface area contributed by atoms with E-state index in [4.69, 9.17) is 0 Å². The number of carbonyl (C=O) groups is 1. The van der Waals surface area contributed by atoms with E-state index in [-0.39, 0.29) is 22.8 Å². The Morgan fingerprint density at radius 3 is 2.18 bits per heavy atom. The third kappa shape index (κ3) is 6.00. The van der Waals surface area contributed by atoms with Crippen molar-refractivity contribution in [1.82, 2.24) is 9.88 Å². The van der Waals surface area contributed by atoms with Gasteiger partial charge in [0.1, 0.15) is 11.6 Å². The molecule has 0 N–H and O–H groups in total. The van der Waals surface area contributed by atoms with E-state index in [2.05, 4.69) is 25.8 Å². The first-order valence-corrected chi connectivity index (χ1v) is 13.2. The number of rotatable bonds is 8. The molecular weight excluding hydrogens is 454 g/mol. The highest BCUT2D eigenvalue weighted by Gasteiger charge is 2.29. The van der Waals surface area contributed by atoms with Crippen LogP contribution in [0.1, 0.15) is 43.8 Å². The fourth-order valence-electron chi connectivity index (χ4n) is 3.37. The fourth-order valence-corrected chi connectivity index (χ4v) is 5.42. The minimum Gasteiger partial charge on any atom is -0.335 e. The average molecular weight is 486 g/mol. The molecule has 0 aliphatic heterocycles. The van der Waals surface area contributed by atoms with Gasteiger partial charge in [-0.1, -0.05) is 50.6 Å². The lowest BCUT2D eigenvalue weighted by atomic mass is 9.87. The summed E-state index contributed by atoms with van der Waals surface area (Å²) in [6.07, 6.45) is 1.70.